The number of aryl methyl sites for hydroxylation is 1. The molecule has 17 heavy (non-hydrogen) atoms. The molecule has 0 fully saturated rings. The van der Waals surface area contributed by atoms with Crippen LogP contribution in [0.1, 0.15) is 26.0 Å². The van der Waals surface area contributed by atoms with E-state index in [0.717, 1.165) is 29.6 Å². The molecule has 92 valence electrons. The summed E-state index contributed by atoms with van der Waals surface area (Å²) in [5.74, 6) is 1.10. The molecule has 3 heteroatoms. The number of benzene rings is 1. The van der Waals surface area contributed by atoms with E-state index >= 15 is 0 Å². The third-order valence-electron chi connectivity index (χ3n) is 2.92. The van der Waals surface area contributed by atoms with Crippen LogP contribution in [0.4, 0.5) is 4.39 Å². The van der Waals surface area contributed by atoms with Crippen LogP contribution in [0.25, 0.3) is 11.0 Å². The average Bonchev–Trinajstić information content (AvgIpc) is 2.67. The maximum atomic E-state index is 13.0. The average molecular weight is 255 g/mol. The Bertz CT molecular complexity index is 504. The Morgan fingerprint density at radius 3 is 2.76 bits per heavy atom. The van der Waals surface area contributed by atoms with E-state index < -0.39 is 0 Å². The fraction of sp³-hybridized carbons (Fsp3) is 0.429. The Balaban J connectivity index is 2.09. The van der Waals surface area contributed by atoms with Gasteiger partial charge in [-0.05, 0) is 36.6 Å². The second-order valence-electron chi connectivity index (χ2n) is 4.69. The molecule has 0 saturated heterocycles. The summed E-state index contributed by atoms with van der Waals surface area (Å²) in [6.45, 7) is 4.21. The molecule has 2 rings (SSSR count). The second kappa shape index (κ2) is 5.09. The van der Waals surface area contributed by atoms with Gasteiger partial charge in [0.2, 0.25) is 0 Å². The van der Waals surface area contributed by atoms with Crippen molar-refractivity contribution in [1.29, 1.82) is 0 Å². The summed E-state index contributed by atoms with van der Waals surface area (Å²) >= 11 is 6.19. The van der Waals surface area contributed by atoms with E-state index in [1.54, 1.807) is 6.07 Å². The molecule has 1 heterocycles. The number of furan rings is 1. The van der Waals surface area contributed by atoms with Crippen LogP contribution < -0.4 is 0 Å². The first-order valence-corrected chi connectivity index (χ1v) is 6.32. The van der Waals surface area contributed by atoms with E-state index in [2.05, 4.69) is 13.8 Å². The molecule has 2 aromatic rings. The van der Waals surface area contributed by atoms with Gasteiger partial charge in [0, 0.05) is 17.2 Å². The van der Waals surface area contributed by atoms with Crippen LogP contribution in [0.5, 0.6) is 0 Å². The summed E-state index contributed by atoms with van der Waals surface area (Å²) < 4.78 is 18.6. The minimum absolute atomic E-state index is 0.153. The van der Waals surface area contributed by atoms with Crippen molar-refractivity contribution in [3.63, 3.8) is 0 Å². The maximum absolute atomic E-state index is 13.0. The van der Waals surface area contributed by atoms with Gasteiger partial charge in [0.05, 0.1) is 0 Å². The van der Waals surface area contributed by atoms with Crippen molar-refractivity contribution in [3.8, 4) is 0 Å². The predicted octanol–water partition coefficient (Wildman–Crippen LogP) is 4.77. The molecule has 0 amide bonds. The van der Waals surface area contributed by atoms with Gasteiger partial charge in [0.25, 0.3) is 0 Å². The van der Waals surface area contributed by atoms with Crippen LogP contribution in [-0.4, -0.2) is 5.38 Å². The van der Waals surface area contributed by atoms with Crippen molar-refractivity contribution in [3.05, 3.63) is 35.8 Å². The number of hydrogen-bond donors (Lipinski definition) is 0. The van der Waals surface area contributed by atoms with Gasteiger partial charge >= 0.3 is 0 Å². The van der Waals surface area contributed by atoms with Crippen molar-refractivity contribution in [2.24, 2.45) is 5.92 Å². The molecular formula is C14H16ClFO. The first-order chi connectivity index (χ1) is 8.06. The molecule has 1 nitrogen and oxygen atoms in total. The van der Waals surface area contributed by atoms with E-state index in [4.69, 9.17) is 16.0 Å². The molecule has 1 unspecified atom stereocenters. The van der Waals surface area contributed by atoms with Crippen LogP contribution in [-0.2, 0) is 6.42 Å². The summed E-state index contributed by atoms with van der Waals surface area (Å²) in [6.07, 6.45) is 1.67. The summed E-state index contributed by atoms with van der Waals surface area (Å²) in [5, 5.41) is 0.968. The van der Waals surface area contributed by atoms with Crippen LogP contribution in [0, 0.1) is 11.7 Å². The van der Waals surface area contributed by atoms with E-state index in [-0.39, 0.29) is 11.2 Å². The Kier molecular flexibility index (Phi) is 3.72. The SMILES string of the molecule is CC(C)C(Cl)CCc1cc2cc(F)ccc2o1. The number of rotatable bonds is 4. The highest BCUT2D eigenvalue weighted by Crippen LogP contribution is 2.23. The maximum Gasteiger partial charge on any atom is 0.134 e. The monoisotopic (exact) mass is 254 g/mol. The smallest absolute Gasteiger partial charge is 0.134 e. The highest BCUT2D eigenvalue weighted by Gasteiger charge is 2.11. The molecule has 0 N–H and O–H groups in total. The number of hydrogen-bond acceptors (Lipinski definition) is 1. The number of fused-ring (bicyclic) bond motifs is 1. The molecule has 0 saturated carbocycles. The van der Waals surface area contributed by atoms with Crippen LogP contribution >= 0.6 is 11.6 Å². The summed E-state index contributed by atoms with van der Waals surface area (Å²) in [6, 6.07) is 6.45. The molecule has 0 radical (unpaired) electrons. The van der Waals surface area contributed by atoms with E-state index in [0.29, 0.717) is 5.92 Å². The largest absolute Gasteiger partial charge is 0.461 e. The second-order valence-corrected chi connectivity index (χ2v) is 5.25. The molecule has 0 bridgehead atoms. The first kappa shape index (κ1) is 12.4. The fourth-order valence-electron chi connectivity index (χ4n) is 1.81. The van der Waals surface area contributed by atoms with E-state index in [1.807, 2.05) is 6.07 Å². The highest BCUT2D eigenvalue weighted by molar-refractivity contribution is 6.20. The molecule has 0 aliphatic heterocycles. The zero-order valence-electron chi connectivity index (χ0n) is 10.0. The molecule has 0 aliphatic carbocycles. The Morgan fingerprint density at radius 1 is 1.29 bits per heavy atom. The van der Waals surface area contributed by atoms with Crippen LogP contribution in [0.2, 0.25) is 0 Å². The first-order valence-electron chi connectivity index (χ1n) is 5.88. The fourth-order valence-corrected chi connectivity index (χ4v) is 1.91. The lowest BCUT2D eigenvalue weighted by atomic mass is 10.0. The third kappa shape index (κ3) is 3.01. The predicted molar refractivity (Wildman–Crippen MR) is 69.0 cm³/mol. The van der Waals surface area contributed by atoms with Gasteiger partial charge in [0.1, 0.15) is 17.2 Å². The molecule has 0 spiro atoms. The van der Waals surface area contributed by atoms with Gasteiger partial charge in [-0.2, -0.15) is 0 Å². The van der Waals surface area contributed by atoms with Crippen molar-refractivity contribution in [2.75, 3.05) is 0 Å². The molecule has 1 aromatic heterocycles. The molecule has 0 aliphatic rings. The van der Waals surface area contributed by atoms with Crippen molar-refractivity contribution >= 4 is 22.6 Å². The van der Waals surface area contributed by atoms with Crippen molar-refractivity contribution in [2.45, 2.75) is 32.1 Å². The number of alkyl halides is 1. The molecule has 1 atom stereocenters. The van der Waals surface area contributed by atoms with Crippen LogP contribution in [0.3, 0.4) is 0 Å². The Hall–Kier alpha value is -1.02. The van der Waals surface area contributed by atoms with Gasteiger partial charge in [-0.15, -0.1) is 11.6 Å². The highest BCUT2D eigenvalue weighted by atomic mass is 35.5. The summed E-state index contributed by atoms with van der Waals surface area (Å²) in [4.78, 5) is 0. The normalized spacial score (nSPS) is 13.5. The minimum Gasteiger partial charge on any atom is -0.461 e. The van der Waals surface area contributed by atoms with Gasteiger partial charge in [0.15, 0.2) is 0 Å². The lowest BCUT2D eigenvalue weighted by Crippen LogP contribution is -2.08. The Labute approximate surface area is 106 Å². The van der Waals surface area contributed by atoms with Gasteiger partial charge in [-0.1, -0.05) is 13.8 Å². The summed E-state index contributed by atoms with van der Waals surface area (Å²) in [7, 11) is 0. The lowest BCUT2D eigenvalue weighted by Gasteiger charge is -2.11. The van der Waals surface area contributed by atoms with E-state index in [1.165, 1.54) is 12.1 Å². The molecule has 1 aromatic carbocycles. The zero-order valence-corrected chi connectivity index (χ0v) is 10.8. The quantitative estimate of drug-likeness (QED) is 0.717. The third-order valence-corrected chi connectivity index (χ3v) is 3.64. The Morgan fingerprint density at radius 2 is 2.06 bits per heavy atom. The zero-order chi connectivity index (χ0) is 12.4. The van der Waals surface area contributed by atoms with Crippen molar-refractivity contribution < 1.29 is 8.81 Å². The van der Waals surface area contributed by atoms with Crippen LogP contribution in [0.15, 0.2) is 28.7 Å². The standard InChI is InChI=1S/C14H16ClFO/c1-9(2)13(15)5-4-12-8-10-7-11(16)3-6-14(10)17-12/h3,6-9,13H,4-5H2,1-2H3. The van der Waals surface area contributed by atoms with Crippen molar-refractivity contribution in [1.82, 2.24) is 0 Å². The number of halogens is 2. The molecular weight excluding hydrogens is 239 g/mol. The lowest BCUT2D eigenvalue weighted by molar-refractivity contribution is 0.504. The topological polar surface area (TPSA) is 13.1 Å². The van der Waals surface area contributed by atoms with Gasteiger partial charge in [-0.3, -0.25) is 0 Å². The van der Waals surface area contributed by atoms with E-state index in [9.17, 15) is 4.39 Å². The summed E-state index contributed by atoms with van der Waals surface area (Å²) in [5.41, 5.74) is 0.733. The van der Waals surface area contributed by atoms with Gasteiger partial charge in [-0.25, -0.2) is 4.39 Å². The van der Waals surface area contributed by atoms with Gasteiger partial charge < -0.3 is 4.42 Å². The minimum atomic E-state index is -0.234.